The van der Waals surface area contributed by atoms with Crippen molar-refractivity contribution >= 4 is 36.0 Å². The lowest BCUT2D eigenvalue weighted by molar-refractivity contribution is 0.0264. The molecule has 1 amide bonds. The van der Waals surface area contributed by atoms with Gasteiger partial charge in [0.25, 0.3) is 0 Å². The summed E-state index contributed by atoms with van der Waals surface area (Å²) in [4.78, 5) is 20.9. The molecule has 0 aliphatic carbocycles. The summed E-state index contributed by atoms with van der Waals surface area (Å²) in [6.07, 6.45) is 0.745. The van der Waals surface area contributed by atoms with Gasteiger partial charge in [-0.2, -0.15) is 0 Å². The van der Waals surface area contributed by atoms with Gasteiger partial charge in [-0.15, -0.1) is 24.0 Å². The molecule has 9 heteroatoms. The summed E-state index contributed by atoms with van der Waals surface area (Å²) in [5, 5.41) is 6.55. The Morgan fingerprint density at radius 2 is 1.89 bits per heavy atom. The minimum absolute atomic E-state index is 0. The van der Waals surface area contributed by atoms with E-state index < -0.39 is 5.60 Å². The number of rotatable bonds is 9. The van der Waals surface area contributed by atoms with E-state index in [0.717, 1.165) is 58.3 Å². The number of guanidine groups is 1. The van der Waals surface area contributed by atoms with Gasteiger partial charge in [-0.05, 0) is 41.0 Å². The molecule has 1 aliphatic rings. The van der Waals surface area contributed by atoms with Crippen molar-refractivity contribution < 1.29 is 14.3 Å². The van der Waals surface area contributed by atoms with Gasteiger partial charge in [-0.1, -0.05) is 0 Å². The summed E-state index contributed by atoms with van der Waals surface area (Å²) >= 11 is 0. The third-order valence-corrected chi connectivity index (χ3v) is 4.06. The van der Waals surface area contributed by atoms with Crippen LogP contribution in [0.1, 0.15) is 41.0 Å². The number of nitrogens with one attached hydrogen (secondary N) is 2. The zero-order valence-electron chi connectivity index (χ0n) is 18.3. The standard InChI is InChI=1S/C19H39N5O3.HI/c1-6-20-17(21-9-8-11-23-13-15-26-16-14-23)22-10-12-24(7-2)18(25)27-19(3,4)5;/h6-16H2,1-5H3,(H2,20,21,22);1H. The molecule has 8 nitrogen and oxygen atoms in total. The zero-order chi connectivity index (χ0) is 20.1. The summed E-state index contributed by atoms with van der Waals surface area (Å²) in [5.74, 6) is 0.791. The third-order valence-electron chi connectivity index (χ3n) is 4.06. The van der Waals surface area contributed by atoms with Crippen molar-refractivity contribution in [2.45, 2.75) is 46.6 Å². The highest BCUT2D eigenvalue weighted by atomic mass is 127. The normalized spacial score (nSPS) is 15.5. The number of nitrogens with zero attached hydrogens (tertiary/aromatic N) is 3. The molecule has 0 aromatic carbocycles. The number of carbonyl (C=O) groups is 1. The Kier molecular flexibility index (Phi) is 14.6. The van der Waals surface area contributed by atoms with Crippen LogP contribution in [0.15, 0.2) is 4.99 Å². The fourth-order valence-electron chi connectivity index (χ4n) is 2.67. The molecule has 0 aromatic heterocycles. The second kappa shape index (κ2) is 15.1. The van der Waals surface area contributed by atoms with Crippen molar-refractivity contribution in [2.75, 3.05) is 65.6 Å². The van der Waals surface area contributed by atoms with E-state index in [2.05, 4.69) is 20.5 Å². The van der Waals surface area contributed by atoms with E-state index >= 15 is 0 Å². The fraction of sp³-hybridized carbons (Fsp3) is 0.895. The monoisotopic (exact) mass is 513 g/mol. The van der Waals surface area contributed by atoms with E-state index in [9.17, 15) is 4.79 Å². The molecule has 0 unspecified atom stereocenters. The van der Waals surface area contributed by atoms with Crippen LogP contribution in [0.3, 0.4) is 0 Å². The highest BCUT2D eigenvalue weighted by Gasteiger charge is 2.20. The summed E-state index contributed by atoms with van der Waals surface area (Å²) < 4.78 is 10.8. The highest BCUT2D eigenvalue weighted by Crippen LogP contribution is 2.09. The summed E-state index contributed by atoms with van der Waals surface area (Å²) in [6, 6.07) is 0. The van der Waals surface area contributed by atoms with Gasteiger partial charge in [0.1, 0.15) is 5.60 Å². The van der Waals surface area contributed by atoms with Crippen LogP contribution in [0, 0.1) is 0 Å². The molecule has 0 bridgehead atoms. The molecule has 0 aromatic rings. The Balaban J connectivity index is 0.00000729. The molecule has 1 aliphatic heterocycles. The van der Waals surface area contributed by atoms with Crippen LogP contribution in [-0.2, 0) is 9.47 Å². The van der Waals surface area contributed by atoms with Crippen molar-refractivity contribution in [2.24, 2.45) is 4.99 Å². The van der Waals surface area contributed by atoms with Crippen molar-refractivity contribution in [3.8, 4) is 0 Å². The van der Waals surface area contributed by atoms with E-state index in [4.69, 9.17) is 9.47 Å². The maximum absolute atomic E-state index is 12.2. The third kappa shape index (κ3) is 12.6. The minimum Gasteiger partial charge on any atom is -0.444 e. The second-order valence-electron chi connectivity index (χ2n) is 7.56. The highest BCUT2D eigenvalue weighted by molar-refractivity contribution is 14.0. The van der Waals surface area contributed by atoms with Crippen LogP contribution in [-0.4, -0.2) is 93.0 Å². The first-order valence-corrected chi connectivity index (χ1v) is 10.2. The molecule has 0 atom stereocenters. The van der Waals surface area contributed by atoms with Gasteiger partial charge in [-0.25, -0.2) is 4.79 Å². The van der Waals surface area contributed by atoms with Gasteiger partial charge < -0.3 is 25.0 Å². The molecule has 0 radical (unpaired) electrons. The lowest BCUT2D eigenvalue weighted by Gasteiger charge is -2.27. The minimum atomic E-state index is -0.477. The predicted molar refractivity (Wildman–Crippen MR) is 125 cm³/mol. The molecule has 28 heavy (non-hydrogen) atoms. The fourth-order valence-corrected chi connectivity index (χ4v) is 2.67. The number of halogens is 1. The number of aliphatic imine (C=N–C) groups is 1. The average Bonchev–Trinajstić information content (AvgIpc) is 2.61. The number of hydrogen-bond acceptors (Lipinski definition) is 5. The van der Waals surface area contributed by atoms with Gasteiger partial charge in [0.05, 0.1) is 13.2 Å². The molecule has 1 fully saturated rings. The Morgan fingerprint density at radius 1 is 1.21 bits per heavy atom. The number of amides is 1. The van der Waals surface area contributed by atoms with Crippen LogP contribution in [0.4, 0.5) is 4.79 Å². The van der Waals surface area contributed by atoms with E-state index in [1.54, 1.807) is 4.90 Å². The van der Waals surface area contributed by atoms with E-state index in [1.807, 2.05) is 34.6 Å². The maximum Gasteiger partial charge on any atom is 0.410 e. The van der Waals surface area contributed by atoms with Crippen molar-refractivity contribution in [1.82, 2.24) is 20.4 Å². The van der Waals surface area contributed by atoms with Crippen LogP contribution < -0.4 is 10.6 Å². The van der Waals surface area contributed by atoms with E-state index in [1.165, 1.54) is 0 Å². The quantitative estimate of drug-likeness (QED) is 0.213. The van der Waals surface area contributed by atoms with Gasteiger partial charge in [0.15, 0.2) is 5.96 Å². The summed E-state index contributed by atoms with van der Waals surface area (Å²) in [7, 11) is 0. The number of hydrogen-bond donors (Lipinski definition) is 2. The summed E-state index contributed by atoms with van der Waals surface area (Å²) in [5.41, 5.74) is -0.477. The van der Waals surface area contributed by atoms with Crippen molar-refractivity contribution in [3.63, 3.8) is 0 Å². The molecule has 0 saturated carbocycles. The molecular weight excluding hydrogens is 473 g/mol. The van der Waals surface area contributed by atoms with Crippen LogP contribution in [0.2, 0.25) is 0 Å². The summed E-state index contributed by atoms with van der Waals surface area (Å²) in [6.45, 7) is 17.8. The van der Waals surface area contributed by atoms with Crippen LogP contribution >= 0.6 is 24.0 Å². The van der Waals surface area contributed by atoms with Crippen molar-refractivity contribution in [1.29, 1.82) is 0 Å². The Bertz CT molecular complexity index is 451. The second-order valence-corrected chi connectivity index (χ2v) is 7.56. The molecule has 1 rings (SSSR count). The molecule has 0 spiro atoms. The first-order chi connectivity index (χ1) is 12.9. The number of ether oxygens (including phenoxy) is 2. The van der Waals surface area contributed by atoms with Crippen molar-refractivity contribution in [3.05, 3.63) is 0 Å². The topological polar surface area (TPSA) is 78.4 Å². The van der Waals surface area contributed by atoms with Crippen LogP contribution in [0.5, 0.6) is 0 Å². The average molecular weight is 513 g/mol. The first kappa shape index (κ1) is 27.2. The number of likely N-dealkylation sites (N-methyl/N-ethyl adjacent to an activating group) is 1. The van der Waals surface area contributed by atoms with Gasteiger partial charge in [-0.3, -0.25) is 9.89 Å². The lowest BCUT2D eigenvalue weighted by atomic mass is 10.2. The maximum atomic E-state index is 12.2. The van der Waals surface area contributed by atoms with Crippen LogP contribution in [0.25, 0.3) is 0 Å². The lowest BCUT2D eigenvalue weighted by Crippen LogP contribution is -2.44. The first-order valence-electron chi connectivity index (χ1n) is 10.2. The van der Waals surface area contributed by atoms with Gasteiger partial charge in [0.2, 0.25) is 0 Å². The van der Waals surface area contributed by atoms with E-state index in [0.29, 0.717) is 19.6 Å². The largest absolute Gasteiger partial charge is 0.444 e. The molecule has 2 N–H and O–H groups in total. The zero-order valence-corrected chi connectivity index (χ0v) is 20.6. The Morgan fingerprint density at radius 3 is 2.46 bits per heavy atom. The molecule has 1 heterocycles. The Hall–Kier alpha value is -0.810. The predicted octanol–water partition coefficient (Wildman–Crippen LogP) is 2.14. The molecule has 166 valence electrons. The number of carbonyl (C=O) groups excluding carboxylic acids is 1. The smallest absolute Gasteiger partial charge is 0.410 e. The van der Waals surface area contributed by atoms with E-state index in [-0.39, 0.29) is 30.1 Å². The van der Waals surface area contributed by atoms with Gasteiger partial charge >= 0.3 is 6.09 Å². The molecule has 1 saturated heterocycles. The molecular formula is C19H40IN5O3. The Labute approximate surface area is 187 Å². The van der Waals surface area contributed by atoms with Gasteiger partial charge in [0, 0.05) is 52.4 Å². The number of morpholine rings is 1. The SMILES string of the molecule is CCNC(=NCCCN1CCOCC1)NCCN(CC)C(=O)OC(C)(C)C.I.